The second-order valence-electron chi connectivity index (χ2n) is 12.4. The molecule has 3 aromatic rings. The van der Waals surface area contributed by atoms with E-state index in [0.717, 1.165) is 19.2 Å². The summed E-state index contributed by atoms with van der Waals surface area (Å²) in [6, 6.07) is 12.8. The molecule has 2 fully saturated rings. The number of ether oxygens (including phenoxy) is 2. The molecular weight excluding hydrogens is 661 g/mol. The van der Waals surface area contributed by atoms with Crippen LogP contribution in [0.1, 0.15) is 43.2 Å². The zero-order valence-corrected chi connectivity index (χ0v) is 28.2. The van der Waals surface area contributed by atoms with E-state index in [1.54, 1.807) is 25.1 Å². The Bertz CT molecular complexity index is 1740. The van der Waals surface area contributed by atoms with Gasteiger partial charge in [0.15, 0.2) is 11.6 Å². The number of methoxy groups -OCH3 is 1. The van der Waals surface area contributed by atoms with E-state index in [4.69, 9.17) is 15.2 Å². The van der Waals surface area contributed by atoms with Gasteiger partial charge in [0.2, 0.25) is 10.0 Å². The van der Waals surface area contributed by atoms with E-state index < -0.39 is 63.5 Å². The van der Waals surface area contributed by atoms with Crippen LogP contribution in [0, 0.1) is 23.4 Å². The second kappa shape index (κ2) is 15.8. The molecule has 5 rings (SSSR count). The number of carbonyl (C=O) groups excluding carboxylic acids is 2. The first kappa shape index (κ1) is 36.5. The molecular formula is C35H41F3N4O6S. The molecule has 0 aliphatic carbocycles. The lowest BCUT2D eigenvalue weighted by atomic mass is 9.76. The number of nitrogens with zero attached hydrogens (tertiary/aromatic N) is 2. The van der Waals surface area contributed by atoms with Crippen molar-refractivity contribution in [2.45, 2.75) is 61.5 Å². The predicted octanol–water partition coefficient (Wildman–Crippen LogP) is 4.72. The van der Waals surface area contributed by atoms with Gasteiger partial charge in [-0.2, -0.15) is 4.31 Å². The number of carbonyl (C=O) groups is 2. The Morgan fingerprint density at radius 2 is 1.71 bits per heavy atom. The van der Waals surface area contributed by atoms with Gasteiger partial charge in [-0.3, -0.25) is 4.79 Å². The molecule has 2 amide bonds. The van der Waals surface area contributed by atoms with E-state index in [1.807, 2.05) is 0 Å². The number of halogens is 3. The lowest BCUT2D eigenvalue weighted by molar-refractivity contribution is -0.120. The van der Waals surface area contributed by atoms with Gasteiger partial charge in [-0.15, -0.1) is 0 Å². The zero-order chi connectivity index (χ0) is 35.3. The quantitative estimate of drug-likeness (QED) is 0.311. The summed E-state index contributed by atoms with van der Waals surface area (Å²) in [5, 5.41) is 3.24. The topological polar surface area (TPSA) is 131 Å². The SMILES string of the molecule is COC(=O)N(C(=O)[C@@H](N)[C@@H](c1ccc(F)c(F)c1)C1CCOCC1)c1cccc(F)c1CC[C@H]1CNC[C@@H](C)N1S(=O)(=O)c1ccccc1. The largest absolute Gasteiger partial charge is 0.452 e. The fourth-order valence-corrected chi connectivity index (χ4v) is 8.82. The van der Waals surface area contributed by atoms with Crippen molar-refractivity contribution < 1.29 is 40.7 Å². The van der Waals surface area contributed by atoms with Gasteiger partial charge in [-0.25, -0.2) is 31.3 Å². The van der Waals surface area contributed by atoms with Gasteiger partial charge in [-0.1, -0.05) is 30.3 Å². The fraction of sp³-hybridized carbons (Fsp3) is 0.429. The first-order valence-electron chi connectivity index (χ1n) is 16.2. The summed E-state index contributed by atoms with van der Waals surface area (Å²) >= 11 is 0. The number of amides is 2. The van der Waals surface area contributed by atoms with E-state index in [9.17, 15) is 26.8 Å². The van der Waals surface area contributed by atoms with Crippen LogP contribution in [0.3, 0.4) is 0 Å². The molecule has 10 nitrogen and oxygen atoms in total. The minimum absolute atomic E-state index is 0.0146. The van der Waals surface area contributed by atoms with Crippen molar-refractivity contribution in [3.05, 3.63) is 95.3 Å². The van der Waals surface area contributed by atoms with Gasteiger partial charge in [0.1, 0.15) is 5.82 Å². The smallest absolute Gasteiger partial charge is 0.420 e. The fourth-order valence-electron chi connectivity index (χ4n) is 6.96. The number of piperazine rings is 1. The molecule has 2 aliphatic rings. The number of anilines is 1. The Hall–Kier alpha value is -3.82. The van der Waals surface area contributed by atoms with Crippen molar-refractivity contribution in [3.63, 3.8) is 0 Å². The first-order valence-corrected chi connectivity index (χ1v) is 17.7. The highest BCUT2D eigenvalue weighted by atomic mass is 32.2. The summed E-state index contributed by atoms with van der Waals surface area (Å²) in [7, 11) is -2.84. The monoisotopic (exact) mass is 702 g/mol. The standard InChI is InChI=1S/C35H41F3N4O6S/c1-22-20-40-21-25(42(22)49(45,46)26-7-4-3-5-8-26)12-13-27-28(36)9-6-10-31(27)41(35(44)47-2)34(43)33(39)32(23-15-17-48-18-16-23)24-11-14-29(37)30(38)19-24/h3-11,14,19,22-23,25,32-33,40H,12-13,15-18,20-21,39H2,1-2H3/t22-,25+,32-,33+/m1/s1. The minimum Gasteiger partial charge on any atom is -0.452 e. The molecule has 0 unspecified atom stereocenters. The van der Waals surface area contributed by atoms with Crippen molar-refractivity contribution in [3.8, 4) is 0 Å². The molecule has 3 N–H and O–H groups in total. The van der Waals surface area contributed by atoms with Crippen LogP contribution < -0.4 is 16.0 Å². The number of nitrogens with two attached hydrogens (primary N) is 1. The highest BCUT2D eigenvalue weighted by Crippen LogP contribution is 2.37. The summed E-state index contributed by atoms with van der Waals surface area (Å²) < 4.78 is 83.4. The van der Waals surface area contributed by atoms with Crippen LogP contribution in [0.2, 0.25) is 0 Å². The van der Waals surface area contributed by atoms with E-state index in [1.165, 1.54) is 40.7 Å². The molecule has 14 heteroatoms. The third-order valence-corrected chi connectivity index (χ3v) is 11.4. The summed E-state index contributed by atoms with van der Waals surface area (Å²) in [5.74, 6) is -4.94. The predicted molar refractivity (Wildman–Crippen MR) is 177 cm³/mol. The molecule has 0 radical (unpaired) electrons. The Balaban J connectivity index is 1.48. The minimum atomic E-state index is -3.91. The van der Waals surface area contributed by atoms with Gasteiger partial charge in [0.25, 0.3) is 5.91 Å². The van der Waals surface area contributed by atoms with Gasteiger partial charge < -0.3 is 20.5 Å². The Morgan fingerprint density at radius 1 is 1.00 bits per heavy atom. The molecule has 0 saturated carbocycles. The van der Waals surface area contributed by atoms with Gasteiger partial charge in [0, 0.05) is 49.9 Å². The maximum absolute atomic E-state index is 15.7. The van der Waals surface area contributed by atoms with Crippen LogP contribution in [-0.2, 0) is 30.7 Å². The Morgan fingerprint density at radius 3 is 2.39 bits per heavy atom. The molecule has 49 heavy (non-hydrogen) atoms. The normalized spacial score (nSPS) is 20.4. The van der Waals surface area contributed by atoms with Crippen molar-refractivity contribution in [2.75, 3.05) is 38.3 Å². The van der Waals surface area contributed by atoms with E-state index in [0.29, 0.717) is 44.0 Å². The summed E-state index contributed by atoms with van der Waals surface area (Å²) in [5.41, 5.74) is 6.77. The number of sulfonamides is 1. The average molecular weight is 703 g/mol. The lowest BCUT2D eigenvalue weighted by Gasteiger charge is -2.40. The highest BCUT2D eigenvalue weighted by Gasteiger charge is 2.41. The molecule has 4 atom stereocenters. The van der Waals surface area contributed by atoms with E-state index in [2.05, 4.69) is 5.32 Å². The molecule has 0 spiro atoms. The third kappa shape index (κ3) is 7.83. The van der Waals surface area contributed by atoms with Crippen molar-refractivity contribution in [1.82, 2.24) is 9.62 Å². The van der Waals surface area contributed by atoms with Crippen LogP contribution in [-0.4, -0.2) is 76.3 Å². The maximum atomic E-state index is 15.7. The van der Waals surface area contributed by atoms with Gasteiger partial charge in [-0.05, 0) is 80.5 Å². The van der Waals surface area contributed by atoms with Crippen LogP contribution in [0.5, 0.6) is 0 Å². The summed E-state index contributed by atoms with van der Waals surface area (Å²) in [4.78, 5) is 28.4. The summed E-state index contributed by atoms with van der Waals surface area (Å²) in [6.45, 7) is 3.24. The molecule has 2 saturated heterocycles. The number of rotatable bonds is 10. The summed E-state index contributed by atoms with van der Waals surface area (Å²) in [6.07, 6.45) is -0.0739. The molecule has 3 aromatic carbocycles. The number of imide groups is 1. The van der Waals surface area contributed by atoms with Crippen molar-refractivity contribution >= 4 is 27.7 Å². The first-order chi connectivity index (χ1) is 23.4. The molecule has 2 heterocycles. The van der Waals surface area contributed by atoms with Crippen LogP contribution in [0.15, 0.2) is 71.6 Å². The van der Waals surface area contributed by atoms with E-state index in [-0.39, 0.29) is 40.5 Å². The number of hydrogen-bond acceptors (Lipinski definition) is 8. The van der Waals surface area contributed by atoms with Crippen molar-refractivity contribution in [1.29, 1.82) is 0 Å². The molecule has 2 aliphatic heterocycles. The Labute approximate surface area is 284 Å². The van der Waals surface area contributed by atoms with Gasteiger partial charge in [0.05, 0.1) is 23.7 Å². The van der Waals surface area contributed by atoms with Crippen LogP contribution >= 0.6 is 0 Å². The number of nitrogens with one attached hydrogen (secondary N) is 1. The second-order valence-corrected chi connectivity index (χ2v) is 14.2. The highest BCUT2D eigenvalue weighted by molar-refractivity contribution is 7.89. The Kier molecular flexibility index (Phi) is 11.8. The van der Waals surface area contributed by atoms with Crippen LogP contribution in [0.4, 0.5) is 23.7 Å². The third-order valence-electron chi connectivity index (χ3n) is 9.35. The lowest BCUT2D eigenvalue weighted by Crippen LogP contribution is -2.58. The van der Waals surface area contributed by atoms with Crippen molar-refractivity contribution in [2.24, 2.45) is 11.7 Å². The average Bonchev–Trinajstić information content (AvgIpc) is 3.10. The molecule has 0 bridgehead atoms. The van der Waals surface area contributed by atoms with Crippen LogP contribution in [0.25, 0.3) is 0 Å². The zero-order valence-electron chi connectivity index (χ0n) is 27.4. The number of benzene rings is 3. The molecule has 264 valence electrons. The number of hydrogen-bond donors (Lipinski definition) is 2. The molecule has 0 aromatic heterocycles. The van der Waals surface area contributed by atoms with Gasteiger partial charge >= 0.3 is 6.09 Å². The van der Waals surface area contributed by atoms with E-state index >= 15 is 4.39 Å². The maximum Gasteiger partial charge on any atom is 0.420 e.